The van der Waals surface area contributed by atoms with Gasteiger partial charge in [0.25, 0.3) is 0 Å². The van der Waals surface area contributed by atoms with E-state index in [-0.39, 0.29) is 9.37 Å². The highest BCUT2D eigenvalue weighted by molar-refractivity contribution is 9.10. The van der Waals surface area contributed by atoms with E-state index >= 15 is 0 Å². The third-order valence-electron chi connectivity index (χ3n) is 3.05. The summed E-state index contributed by atoms with van der Waals surface area (Å²) in [5, 5.41) is 0. The minimum Gasteiger partial charge on any atom is -0.207 e. The summed E-state index contributed by atoms with van der Waals surface area (Å²) in [6.07, 6.45) is 3.46. The Hall–Kier alpha value is -0.460. The summed E-state index contributed by atoms with van der Waals surface area (Å²) in [6.45, 7) is 5.00. The molecule has 0 radical (unpaired) electrons. The van der Waals surface area contributed by atoms with Gasteiger partial charge in [0.15, 0.2) is 0 Å². The molecule has 0 aromatic heterocycles. The molecule has 1 aromatic rings. The minimum absolute atomic E-state index is 0.0189. The quantitative estimate of drug-likeness (QED) is 0.692. The molecule has 0 saturated carbocycles. The van der Waals surface area contributed by atoms with E-state index in [1.54, 1.807) is 0 Å². The van der Waals surface area contributed by atoms with Crippen molar-refractivity contribution in [2.75, 3.05) is 13.1 Å². The van der Waals surface area contributed by atoms with E-state index in [1.807, 2.05) is 13.8 Å². The van der Waals surface area contributed by atoms with Crippen molar-refractivity contribution in [1.29, 1.82) is 0 Å². The van der Waals surface area contributed by atoms with Gasteiger partial charge in [-0.1, -0.05) is 26.7 Å². The highest BCUT2D eigenvalue weighted by atomic mass is 79.9. The molecule has 0 saturated heterocycles. The number of sulfonamides is 1. The second-order valence-electron chi connectivity index (χ2n) is 4.69. The molecular formula is C14H21BrFNO2S. The molecule has 0 atom stereocenters. The Kier molecular flexibility index (Phi) is 7.12. The van der Waals surface area contributed by atoms with Gasteiger partial charge in [0.2, 0.25) is 10.0 Å². The van der Waals surface area contributed by atoms with Crippen LogP contribution in [0.1, 0.15) is 39.5 Å². The number of benzene rings is 1. The highest BCUT2D eigenvalue weighted by Gasteiger charge is 2.24. The van der Waals surface area contributed by atoms with Crippen molar-refractivity contribution in [3.05, 3.63) is 28.5 Å². The number of unbranched alkanes of at least 4 members (excludes halogenated alkanes) is 2. The van der Waals surface area contributed by atoms with Gasteiger partial charge in [0.1, 0.15) is 5.82 Å². The largest absolute Gasteiger partial charge is 0.243 e. The van der Waals surface area contributed by atoms with Crippen molar-refractivity contribution in [3.8, 4) is 0 Å². The van der Waals surface area contributed by atoms with E-state index in [0.717, 1.165) is 31.7 Å². The molecule has 20 heavy (non-hydrogen) atoms. The maximum atomic E-state index is 13.5. The van der Waals surface area contributed by atoms with Crippen molar-refractivity contribution in [2.45, 2.75) is 44.4 Å². The minimum atomic E-state index is -3.61. The molecular weight excluding hydrogens is 345 g/mol. The first-order valence-corrected chi connectivity index (χ1v) is 9.12. The molecule has 0 aliphatic carbocycles. The molecule has 0 bridgehead atoms. The molecule has 0 fully saturated rings. The van der Waals surface area contributed by atoms with E-state index < -0.39 is 15.8 Å². The first-order chi connectivity index (χ1) is 9.43. The SMILES string of the molecule is CCCCN(CCCC)S(=O)(=O)c1ccc(Br)c(F)c1. The average molecular weight is 366 g/mol. The Morgan fingerprint density at radius 1 is 1.15 bits per heavy atom. The number of hydrogen-bond donors (Lipinski definition) is 0. The zero-order valence-electron chi connectivity index (χ0n) is 11.9. The van der Waals surface area contributed by atoms with Crippen LogP contribution < -0.4 is 0 Å². The summed E-state index contributed by atoms with van der Waals surface area (Å²) in [4.78, 5) is 0.0189. The fourth-order valence-corrected chi connectivity index (χ4v) is 3.58. The fraction of sp³-hybridized carbons (Fsp3) is 0.571. The summed E-state index contributed by atoms with van der Waals surface area (Å²) in [5.41, 5.74) is 0. The van der Waals surface area contributed by atoms with Gasteiger partial charge in [-0.2, -0.15) is 4.31 Å². The van der Waals surface area contributed by atoms with Crippen molar-refractivity contribution in [2.24, 2.45) is 0 Å². The van der Waals surface area contributed by atoms with Gasteiger partial charge < -0.3 is 0 Å². The van der Waals surface area contributed by atoms with Gasteiger partial charge in [0, 0.05) is 13.1 Å². The number of nitrogens with zero attached hydrogens (tertiary/aromatic N) is 1. The molecule has 0 unspecified atom stereocenters. The van der Waals surface area contributed by atoms with E-state index in [1.165, 1.54) is 16.4 Å². The lowest BCUT2D eigenvalue weighted by Gasteiger charge is -2.22. The monoisotopic (exact) mass is 365 g/mol. The van der Waals surface area contributed by atoms with Crippen molar-refractivity contribution < 1.29 is 12.8 Å². The fourth-order valence-electron chi connectivity index (χ4n) is 1.81. The molecule has 114 valence electrons. The summed E-state index contributed by atoms with van der Waals surface area (Å²) in [7, 11) is -3.61. The molecule has 0 amide bonds. The van der Waals surface area contributed by atoms with Crippen LogP contribution in [-0.4, -0.2) is 25.8 Å². The molecule has 1 rings (SSSR count). The van der Waals surface area contributed by atoms with Crippen LogP contribution in [0.25, 0.3) is 0 Å². The summed E-state index contributed by atoms with van der Waals surface area (Å²) in [5.74, 6) is -0.558. The van der Waals surface area contributed by atoms with Crippen LogP contribution in [0, 0.1) is 5.82 Å². The van der Waals surface area contributed by atoms with E-state index in [0.29, 0.717) is 13.1 Å². The van der Waals surface area contributed by atoms with Crippen LogP contribution in [0.5, 0.6) is 0 Å². The lowest BCUT2D eigenvalue weighted by molar-refractivity contribution is 0.395. The Labute approximate surface area is 129 Å². The second kappa shape index (κ2) is 8.10. The second-order valence-corrected chi connectivity index (χ2v) is 7.48. The normalized spacial score (nSPS) is 12.1. The van der Waals surface area contributed by atoms with Gasteiger partial charge in [-0.3, -0.25) is 0 Å². The molecule has 0 heterocycles. The maximum Gasteiger partial charge on any atom is 0.243 e. The molecule has 6 heteroatoms. The summed E-state index contributed by atoms with van der Waals surface area (Å²) >= 11 is 3.03. The zero-order chi connectivity index (χ0) is 15.2. The molecule has 0 aliphatic rings. The third kappa shape index (κ3) is 4.53. The molecule has 0 N–H and O–H groups in total. The Morgan fingerprint density at radius 3 is 2.15 bits per heavy atom. The van der Waals surface area contributed by atoms with E-state index in [2.05, 4.69) is 15.9 Å². The number of halogens is 2. The smallest absolute Gasteiger partial charge is 0.207 e. The molecule has 0 spiro atoms. The van der Waals surface area contributed by atoms with Crippen LogP contribution in [-0.2, 0) is 10.0 Å². The zero-order valence-corrected chi connectivity index (χ0v) is 14.3. The third-order valence-corrected chi connectivity index (χ3v) is 5.59. The first-order valence-electron chi connectivity index (χ1n) is 6.88. The van der Waals surface area contributed by atoms with Crippen LogP contribution in [0.4, 0.5) is 4.39 Å². The van der Waals surface area contributed by atoms with Crippen molar-refractivity contribution in [3.63, 3.8) is 0 Å². The standard InChI is InChI=1S/C14H21BrFNO2S/c1-3-5-9-17(10-6-4-2)20(18,19)12-7-8-13(15)14(16)11-12/h7-8,11H,3-6,9-10H2,1-2H3. The summed E-state index contributed by atoms with van der Waals surface area (Å²) < 4.78 is 40.4. The first kappa shape index (κ1) is 17.6. The average Bonchev–Trinajstić information content (AvgIpc) is 2.41. The Morgan fingerprint density at radius 2 is 1.70 bits per heavy atom. The van der Waals surface area contributed by atoms with Crippen LogP contribution >= 0.6 is 15.9 Å². The van der Waals surface area contributed by atoms with Crippen LogP contribution in [0.15, 0.2) is 27.6 Å². The van der Waals surface area contributed by atoms with Gasteiger partial charge in [-0.05, 0) is 47.0 Å². The molecule has 3 nitrogen and oxygen atoms in total. The predicted octanol–water partition coefficient (Wildman–Crippen LogP) is 4.18. The highest BCUT2D eigenvalue weighted by Crippen LogP contribution is 2.22. The Balaban J connectivity index is 3.03. The van der Waals surface area contributed by atoms with E-state index in [4.69, 9.17) is 0 Å². The molecule has 1 aromatic carbocycles. The van der Waals surface area contributed by atoms with Gasteiger partial charge in [-0.15, -0.1) is 0 Å². The lowest BCUT2D eigenvalue weighted by atomic mass is 10.3. The molecule has 0 aliphatic heterocycles. The Bertz CT molecular complexity index is 526. The van der Waals surface area contributed by atoms with Gasteiger partial charge >= 0.3 is 0 Å². The predicted molar refractivity (Wildman–Crippen MR) is 82.7 cm³/mol. The number of hydrogen-bond acceptors (Lipinski definition) is 2. The van der Waals surface area contributed by atoms with Gasteiger partial charge in [0.05, 0.1) is 9.37 Å². The van der Waals surface area contributed by atoms with E-state index in [9.17, 15) is 12.8 Å². The van der Waals surface area contributed by atoms with Crippen molar-refractivity contribution >= 4 is 26.0 Å². The van der Waals surface area contributed by atoms with Crippen molar-refractivity contribution in [1.82, 2.24) is 4.31 Å². The van der Waals surface area contributed by atoms with Crippen LogP contribution in [0.2, 0.25) is 0 Å². The lowest BCUT2D eigenvalue weighted by Crippen LogP contribution is -2.33. The van der Waals surface area contributed by atoms with Gasteiger partial charge in [-0.25, -0.2) is 12.8 Å². The summed E-state index contributed by atoms with van der Waals surface area (Å²) in [6, 6.07) is 3.94. The maximum absolute atomic E-state index is 13.5. The topological polar surface area (TPSA) is 37.4 Å². The number of rotatable bonds is 8. The van der Waals surface area contributed by atoms with Crippen LogP contribution in [0.3, 0.4) is 0 Å².